The Bertz CT molecular complexity index is 1340. The summed E-state index contributed by atoms with van der Waals surface area (Å²) in [5.74, 6) is -0.608. The number of anilines is 1. The van der Waals surface area contributed by atoms with Crippen molar-refractivity contribution in [2.75, 3.05) is 11.4 Å². The molecular weight excluding hydrogens is 464 g/mol. The Labute approximate surface area is 206 Å². The van der Waals surface area contributed by atoms with Gasteiger partial charge in [-0.05, 0) is 56.0 Å². The highest BCUT2D eigenvalue weighted by Gasteiger charge is 2.39. The molecule has 1 aromatic heterocycles. The number of benzene rings is 1. The van der Waals surface area contributed by atoms with Gasteiger partial charge in [0.15, 0.2) is 5.78 Å². The van der Waals surface area contributed by atoms with Gasteiger partial charge in [-0.1, -0.05) is 37.3 Å². The van der Waals surface area contributed by atoms with Crippen molar-refractivity contribution in [3.63, 3.8) is 0 Å². The SMILES string of the molecule is C[C@@H]1CN(c2nc(-c3cccc(CN)c3)ccc2C(=O)NS(=O)(=O)C2=CC=CCC2=O)C(C)(C)C1. The van der Waals surface area contributed by atoms with E-state index < -0.39 is 26.6 Å². The smallest absolute Gasteiger partial charge is 0.268 e. The van der Waals surface area contributed by atoms with E-state index in [2.05, 4.69) is 30.4 Å². The lowest BCUT2D eigenvalue weighted by Gasteiger charge is -2.34. The quantitative estimate of drug-likeness (QED) is 0.632. The van der Waals surface area contributed by atoms with E-state index in [1.54, 1.807) is 18.2 Å². The molecule has 4 rings (SSSR count). The number of rotatable bonds is 6. The van der Waals surface area contributed by atoms with Crippen LogP contribution in [-0.4, -0.2) is 37.2 Å². The first-order valence-corrected chi connectivity index (χ1v) is 13.1. The molecular formula is C26H30N4O4S. The summed E-state index contributed by atoms with van der Waals surface area (Å²) in [6, 6.07) is 11.0. The molecule has 1 atom stereocenters. The maximum absolute atomic E-state index is 13.3. The van der Waals surface area contributed by atoms with Crippen molar-refractivity contribution < 1.29 is 18.0 Å². The zero-order valence-electron chi connectivity index (χ0n) is 20.1. The van der Waals surface area contributed by atoms with E-state index in [1.807, 2.05) is 24.3 Å². The van der Waals surface area contributed by atoms with Gasteiger partial charge in [0, 0.05) is 30.6 Å². The third-order valence-electron chi connectivity index (χ3n) is 6.39. The van der Waals surface area contributed by atoms with E-state index in [9.17, 15) is 18.0 Å². The van der Waals surface area contributed by atoms with E-state index in [-0.39, 0.29) is 17.5 Å². The number of hydrogen-bond acceptors (Lipinski definition) is 7. The Hall–Kier alpha value is -3.30. The number of ketones is 1. The van der Waals surface area contributed by atoms with Crippen LogP contribution in [0.1, 0.15) is 49.5 Å². The molecule has 1 aliphatic heterocycles. The first-order valence-electron chi connectivity index (χ1n) is 11.6. The molecule has 0 unspecified atom stereocenters. The number of allylic oxidation sites excluding steroid dienone is 4. The van der Waals surface area contributed by atoms with Crippen molar-refractivity contribution in [3.05, 3.63) is 70.7 Å². The molecule has 9 heteroatoms. The molecule has 0 saturated carbocycles. The van der Waals surface area contributed by atoms with Crippen molar-refractivity contribution in [3.8, 4) is 11.3 Å². The van der Waals surface area contributed by atoms with Crippen LogP contribution in [0.3, 0.4) is 0 Å². The molecule has 2 heterocycles. The highest BCUT2D eigenvalue weighted by molar-refractivity contribution is 7.95. The fourth-order valence-corrected chi connectivity index (χ4v) is 5.91. The third-order valence-corrected chi connectivity index (χ3v) is 7.78. The average molecular weight is 495 g/mol. The molecule has 2 aliphatic rings. The lowest BCUT2D eigenvalue weighted by molar-refractivity contribution is -0.114. The Morgan fingerprint density at radius 1 is 1.26 bits per heavy atom. The Kier molecular flexibility index (Phi) is 6.66. The number of sulfonamides is 1. The molecule has 0 bridgehead atoms. The van der Waals surface area contributed by atoms with E-state index in [1.165, 1.54) is 12.2 Å². The second-order valence-electron chi connectivity index (χ2n) is 9.73. The summed E-state index contributed by atoms with van der Waals surface area (Å²) >= 11 is 0. The molecule has 0 radical (unpaired) electrons. The van der Waals surface area contributed by atoms with Crippen LogP contribution in [-0.2, 0) is 21.4 Å². The number of amides is 1. The van der Waals surface area contributed by atoms with Crippen molar-refractivity contribution in [2.45, 2.75) is 45.7 Å². The summed E-state index contributed by atoms with van der Waals surface area (Å²) in [6.45, 7) is 7.36. The standard InChI is InChI=1S/C26H30N4O4S/c1-17-14-26(2,3)30(16-17)24-20(11-12-21(28-24)19-8-6-7-18(13-19)15-27)25(32)29-35(33,34)23-10-5-4-9-22(23)31/h4-8,10-13,17H,9,14-16,27H2,1-3H3,(H,29,32)/t17-/m0/s1. The molecule has 184 valence electrons. The van der Waals surface area contributed by atoms with E-state index in [4.69, 9.17) is 10.7 Å². The van der Waals surface area contributed by atoms with Crippen molar-refractivity contribution in [2.24, 2.45) is 11.7 Å². The van der Waals surface area contributed by atoms with Crippen LogP contribution in [0.4, 0.5) is 5.82 Å². The molecule has 1 fully saturated rings. The van der Waals surface area contributed by atoms with Crippen molar-refractivity contribution in [1.29, 1.82) is 0 Å². The minimum Gasteiger partial charge on any atom is -0.351 e. The summed E-state index contributed by atoms with van der Waals surface area (Å²) in [5.41, 5.74) is 8.10. The minimum atomic E-state index is -4.33. The van der Waals surface area contributed by atoms with Gasteiger partial charge in [-0.25, -0.2) is 18.1 Å². The van der Waals surface area contributed by atoms with E-state index >= 15 is 0 Å². The molecule has 8 nitrogen and oxygen atoms in total. The van der Waals surface area contributed by atoms with Gasteiger partial charge in [0.25, 0.3) is 15.9 Å². The van der Waals surface area contributed by atoms with Gasteiger partial charge in [-0.2, -0.15) is 0 Å². The average Bonchev–Trinajstić information content (AvgIpc) is 3.10. The molecule has 35 heavy (non-hydrogen) atoms. The second kappa shape index (κ2) is 9.39. The van der Waals surface area contributed by atoms with E-state index in [0.717, 1.165) is 17.5 Å². The highest BCUT2D eigenvalue weighted by atomic mass is 32.2. The first-order chi connectivity index (χ1) is 16.5. The number of carbonyl (C=O) groups excluding carboxylic acids is 2. The molecule has 3 N–H and O–H groups in total. The van der Waals surface area contributed by atoms with Gasteiger partial charge in [0.1, 0.15) is 10.7 Å². The first kappa shape index (κ1) is 24.8. The molecule has 1 amide bonds. The number of nitrogens with one attached hydrogen (secondary N) is 1. The fourth-order valence-electron chi connectivity index (χ4n) is 4.80. The van der Waals surface area contributed by atoms with Gasteiger partial charge >= 0.3 is 0 Å². The fraction of sp³-hybridized carbons (Fsp3) is 0.346. The largest absolute Gasteiger partial charge is 0.351 e. The summed E-state index contributed by atoms with van der Waals surface area (Å²) in [6.07, 6.45) is 5.14. The highest BCUT2D eigenvalue weighted by Crippen LogP contribution is 2.38. The number of nitrogens with zero attached hydrogens (tertiary/aromatic N) is 2. The number of nitrogens with two attached hydrogens (primary N) is 1. The number of carbonyl (C=O) groups is 2. The van der Waals surface area contributed by atoms with Crippen LogP contribution in [0.15, 0.2) is 59.5 Å². The number of pyridine rings is 1. The summed E-state index contributed by atoms with van der Waals surface area (Å²) in [7, 11) is -4.33. The molecule has 1 aliphatic carbocycles. The van der Waals surface area contributed by atoms with Crippen LogP contribution in [0.25, 0.3) is 11.3 Å². The third kappa shape index (κ3) is 5.06. The van der Waals surface area contributed by atoms with Crippen LogP contribution >= 0.6 is 0 Å². The van der Waals surface area contributed by atoms with Crippen LogP contribution in [0.2, 0.25) is 0 Å². The number of aromatic nitrogens is 1. The van der Waals surface area contributed by atoms with Crippen LogP contribution in [0.5, 0.6) is 0 Å². The maximum Gasteiger partial charge on any atom is 0.268 e. The minimum absolute atomic E-state index is 0.0237. The lowest BCUT2D eigenvalue weighted by Crippen LogP contribution is -2.41. The molecule has 2 aromatic rings. The Morgan fingerprint density at radius 3 is 2.69 bits per heavy atom. The predicted octanol–water partition coefficient (Wildman–Crippen LogP) is 3.30. The monoisotopic (exact) mass is 494 g/mol. The van der Waals surface area contributed by atoms with Crippen molar-refractivity contribution >= 4 is 27.5 Å². The molecule has 1 aromatic carbocycles. The van der Waals surface area contributed by atoms with Crippen LogP contribution < -0.4 is 15.4 Å². The zero-order chi connectivity index (χ0) is 25.4. The van der Waals surface area contributed by atoms with Gasteiger partial charge in [-0.15, -0.1) is 0 Å². The summed E-state index contributed by atoms with van der Waals surface area (Å²) < 4.78 is 27.8. The summed E-state index contributed by atoms with van der Waals surface area (Å²) in [4.78, 5) is 31.9. The lowest BCUT2D eigenvalue weighted by atomic mass is 9.97. The number of Topliss-reactive ketones (excluding diaryl/α,β-unsaturated/α-hetero) is 1. The zero-order valence-corrected chi connectivity index (χ0v) is 20.9. The van der Waals surface area contributed by atoms with Gasteiger partial charge in [0.05, 0.1) is 11.3 Å². The normalized spacial score (nSPS) is 19.5. The second-order valence-corrected chi connectivity index (χ2v) is 11.4. The Morgan fingerprint density at radius 2 is 2.03 bits per heavy atom. The summed E-state index contributed by atoms with van der Waals surface area (Å²) in [5, 5.41) is 0. The van der Waals surface area contributed by atoms with Gasteiger partial charge in [-0.3, -0.25) is 9.59 Å². The molecule has 0 spiro atoms. The van der Waals surface area contributed by atoms with E-state index in [0.29, 0.717) is 30.5 Å². The molecule has 1 saturated heterocycles. The van der Waals surface area contributed by atoms with Crippen LogP contribution in [0, 0.1) is 5.92 Å². The maximum atomic E-state index is 13.3. The topological polar surface area (TPSA) is 122 Å². The Balaban J connectivity index is 1.77. The number of hydrogen-bond donors (Lipinski definition) is 2. The predicted molar refractivity (Wildman–Crippen MR) is 136 cm³/mol. The van der Waals surface area contributed by atoms with Gasteiger partial charge in [0.2, 0.25) is 0 Å². The van der Waals surface area contributed by atoms with Crippen molar-refractivity contribution in [1.82, 2.24) is 9.71 Å². The van der Waals surface area contributed by atoms with Gasteiger partial charge < -0.3 is 10.6 Å².